The second kappa shape index (κ2) is 19.2. The molecule has 0 bridgehead atoms. The van der Waals surface area contributed by atoms with Crippen LogP contribution in [0.2, 0.25) is 0 Å². The third-order valence-corrected chi connectivity index (χ3v) is 2.26. The maximum atomic E-state index is 5.57. The van der Waals surface area contributed by atoms with Crippen molar-refractivity contribution in [3.05, 3.63) is 91.5 Å². The summed E-state index contributed by atoms with van der Waals surface area (Å²) >= 11 is 0. The van der Waals surface area contributed by atoms with Gasteiger partial charge in [-0.1, -0.05) is 0 Å². The zero-order chi connectivity index (χ0) is 13.2. The van der Waals surface area contributed by atoms with E-state index < -0.39 is 0 Å². The van der Waals surface area contributed by atoms with Crippen molar-refractivity contribution < 1.29 is 65.4 Å². The Labute approximate surface area is 187 Å². The standard InChI is InChI=1S/2C9H8.2CH3.2Y/c1-3-9-7-5-4-6-8(9)2;1-2-6-9-7-4-3-5-8-9;;;;/h2,4-7H,1H3;3-7H,1H3;2*1H3;;/q2*-2;2*-1;2*+3. The minimum atomic E-state index is 0. The Balaban J connectivity index is -0.000000125. The molecule has 0 spiro atoms. The Kier molecular flexibility index (Phi) is 26.2. The summed E-state index contributed by atoms with van der Waals surface area (Å²) in [4.78, 5) is 0. The second-order valence-corrected chi connectivity index (χ2v) is 3.59. The van der Waals surface area contributed by atoms with E-state index in [2.05, 4.69) is 18.2 Å². The Morgan fingerprint density at radius 2 is 1.55 bits per heavy atom. The molecule has 0 heterocycles. The molecule has 0 nitrogen and oxygen atoms in total. The third-order valence-electron chi connectivity index (χ3n) is 2.26. The predicted octanol–water partition coefficient (Wildman–Crippen LogP) is 3.87. The molecule has 0 aromatic heterocycles. The van der Waals surface area contributed by atoms with E-state index in [9.17, 15) is 0 Å². The van der Waals surface area contributed by atoms with Crippen LogP contribution in [0.25, 0.3) is 18.7 Å². The van der Waals surface area contributed by atoms with Gasteiger partial charge in [-0.05, 0) is 0 Å². The molecule has 0 saturated carbocycles. The Morgan fingerprint density at radius 3 is 1.95 bits per heavy atom. The smallest absolute Gasteiger partial charge is 0.358 e. The van der Waals surface area contributed by atoms with Crippen molar-refractivity contribution in [3.63, 3.8) is 0 Å². The molecular weight excluding hydrogens is 418 g/mol. The maximum absolute atomic E-state index is 5.57. The van der Waals surface area contributed by atoms with E-state index in [1.807, 2.05) is 68.5 Å². The summed E-state index contributed by atoms with van der Waals surface area (Å²) in [6.07, 6.45) is 7.80. The van der Waals surface area contributed by atoms with Gasteiger partial charge in [0.2, 0.25) is 0 Å². The molecule has 0 N–H and O–H groups in total. The third kappa shape index (κ3) is 12.7. The zero-order valence-electron chi connectivity index (χ0n) is 13.9. The topological polar surface area (TPSA) is 0 Å². The van der Waals surface area contributed by atoms with Crippen LogP contribution in [0.4, 0.5) is 0 Å². The Bertz CT molecular complexity index is 587. The molecule has 0 radical (unpaired) electrons. The molecule has 2 heteroatoms. The van der Waals surface area contributed by atoms with Gasteiger partial charge in [-0.3, -0.25) is 12.7 Å². The van der Waals surface area contributed by atoms with E-state index in [0.717, 1.165) is 16.0 Å². The van der Waals surface area contributed by atoms with Crippen LogP contribution in [0.15, 0.2) is 48.5 Å². The van der Waals surface area contributed by atoms with Crippen molar-refractivity contribution in [2.24, 2.45) is 0 Å². The fourth-order valence-electron chi connectivity index (χ4n) is 1.38. The molecule has 0 saturated heterocycles. The Hall–Kier alpha value is 0.128. The second-order valence-electron chi connectivity index (χ2n) is 3.59. The van der Waals surface area contributed by atoms with E-state index in [-0.39, 0.29) is 80.3 Å². The van der Waals surface area contributed by atoms with E-state index >= 15 is 0 Å². The van der Waals surface area contributed by atoms with Gasteiger partial charge in [0.25, 0.3) is 0 Å². The molecule has 0 aliphatic carbocycles. The van der Waals surface area contributed by atoms with Gasteiger partial charge in [0, 0.05) is 0 Å². The molecule has 0 amide bonds. The van der Waals surface area contributed by atoms with Crippen molar-refractivity contribution in [1.29, 1.82) is 0 Å². The monoisotopic (exact) mass is 440 g/mol. The van der Waals surface area contributed by atoms with Crippen molar-refractivity contribution in [3.8, 4) is 0 Å². The summed E-state index contributed by atoms with van der Waals surface area (Å²) in [6.45, 7) is 9.30. The minimum absolute atomic E-state index is 0. The predicted molar refractivity (Wildman–Crippen MR) is 90.7 cm³/mol. The summed E-state index contributed by atoms with van der Waals surface area (Å²) in [7, 11) is 0. The molecule has 2 rings (SSSR count). The molecular formula is C20H22Y2. The van der Waals surface area contributed by atoms with E-state index in [1.54, 1.807) is 0 Å². The number of hydrogen-bond donors (Lipinski definition) is 0. The summed E-state index contributed by atoms with van der Waals surface area (Å²) in [5, 5.41) is 1.78. The molecule has 0 aliphatic heterocycles. The van der Waals surface area contributed by atoms with Crippen molar-refractivity contribution >= 4 is 18.7 Å². The average molecular weight is 440 g/mol. The minimum Gasteiger partial charge on any atom is -0.358 e. The van der Waals surface area contributed by atoms with Gasteiger partial charge >= 0.3 is 65.4 Å². The van der Waals surface area contributed by atoms with E-state index in [0.29, 0.717) is 0 Å². The van der Waals surface area contributed by atoms with Crippen molar-refractivity contribution in [2.75, 3.05) is 0 Å². The SMILES string of the molecule is C[C-]=Cc1[c-]cccc1.[CH-]=c1ccccc1=[C-]C.[CH3-].[CH3-].[Y+3].[Y+3]. The summed E-state index contributed by atoms with van der Waals surface area (Å²) < 4.78 is 0. The van der Waals surface area contributed by atoms with Gasteiger partial charge in [-0.2, -0.15) is 12.1 Å². The van der Waals surface area contributed by atoms with Crippen molar-refractivity contribution in [2.45, 2.75) is 13.8 Å². The summed E-state index contributed by atoms with van der Waals surface area (Å²) in [5.74, 6) is 0. The Morgan fingerprint density at radius 1 is 0.955 bits per heavy atom. The van der Waals surface area contributed by atoms with Gasteiger partial charge in [0.1, 0.15) is 0 Å². The first kappa shape index (κ1) is 30.1. The number of rotatable bonds is 1. The van der Waals surface area contributed by atoms with Crippen LogP contribution < -0.4 is 10.4 Å². The van der Waals surface area contributed by atoms with E-state index in [4.69, 9.17) is 6.58 Å². The molecule has 22 heavy (non-hydrogen) atoms. The number of allylic oxidation sites excluding steroid dienone is 1. The van der Waals surface area contributed by atoms with Gasteiger partial charge < -0.3 is 43.0 Å². The van der Waals surface area contributed by atoms with E-state index in [1.165, 1.54) is 0 Å². The summed E-state index contributed by atoms with van der Waals surface area (Å²) in [6, 6.07) is 18.5. The molecule has 0 aliphatic rings. The van der Waals surface area contributed by atoms with Gasteiger partial charge in [-0.25, -0.2) is 24.3 Å². The van der Waals surface area contributed by atoms with Crippen LogP contribution in [-0.2, 0) is 65.4 Å². The van der Waals surface area contributed by atoms with Crippen LogP contribution >= 0.6 is 0 Å². The molecule has 0 fully saturated rings. The normalized spacial score (nSPS) is 9.09. The number of hydrogen-bond acceptors (Lipinski definition) is 0. The maximum Gasteiger partial charge on any atom is 3.00 e. The quantitative estimate of drug-likeness (QED) is 0.591. The van der Waals surface area contributed by atoms with Crippen LogP contribution in [0, 0.1) is 27.0 Å². The molecule has 2 aromatic rings. The zero-order valence-corrected chi connectivity index (χ0v) is 19.6. The fraction of sp³-hybridized carbons (Fsp3) is 0.100. The largest absolute Gasteiger partial charge is 3.00 e. The van der Waals surface area contributed by atoms with Gasteiger partial charge in [0.15, 0.2) is 0 Å². The molecule has 0 unspecified atom stereocenters. The molecule has 0 atom stereocenters. The van der Waals surface area contributed by atoms with Crippen LogP contribution in [-0.4, -0.2) is 0 Å². The average Bonchev–Trinajstić information content (AvgIpc) is 2.42. The van der Waals surface area contributed by atoms with Crippen LogP contribution in [0.3, 0.4) is 0 Å². The van der Waals surface area contributed by atoms with Crippen LogP contribution in [0.5, 0.6) is 0 Å². The first-order valence-corrected chi connectivity index (χ1v) is 5.77. The summed E-state index contributed by atoms with van der Waals surface area (Å²) in [5.41, 5.74) is 1.08. The van der Waals surface area contributed by atoms with Crippen LogP contribution in [0.1, 0.15) is 19.4 Å². The van der Waals surface area contributed by atoms with Gasteiger partial charge in [-0.15, -0.1) is 32.0 Å². The first-order valence-electron chi connectivity index (χ1n) is 5.77. The fourth-order valence-corrected chi connectivity index (χ4v) is 1.38. The first-order chi connectivity index (χ1) is 8.77. The molecule has 2 aromatic carbocycles. The van der Waals surface area contributed by atoms with Crippen molar-refractivity contribution in [1.82, 2.24) is 0 Å². The molecule has 108 valence electrons. The number of benzene rings is 2. The van der Waals surface area contributed by atoms with Gasteiger partial charge in [0.05, 0.1) is 0 Å².